The SMILES string of the molecule is Cn1nc(C(C)(C)C)cc1C(=O)N1CCCC(C(=O)O)C1. The number of carbonyl (C=O) groups excluding carboxylic acids is 1. The van der Waals surface area contributed by atoms with Crippen molar-refractivity contribution in [2.45, 2.75) is 39.0 Å². The zero-order chi connectivity index (χ0) is 15.8. The van der Waals surface area contributed by atoms with E-state index in [1.165, 1.54) is 0 Å². The van der Waals surface area contributed by atoms with Crippen LogP contribution in [0, 0.1) is 5.92 Å². The molecule has 1 aromatic rings. The van der Waals surface area contributed by atoms with Gasteiger partial charge in [0.1, 0.15) is 5.69 Å². The van der Waals surface area contributed by atoms with Gasteiger partial charge in [-0.05, 0) is 18.9 Å². The van der Waals surface area contributed by atoms with Gasteiger partial charge >= 0.3 is 5.97 Å². The first-order valence-electron chi connectivity index (χ1n) is 7.26. The molecule has 6 nitrogen and oxygen atoms in total. The van der Waals surface area contributed by atoms with E-state index in [-0.39, 0.29) is 17.9 Å². The Labute approximate surface area is 124 Å². The van der Waals surface area contributed by atoms with E-state index >= 15 is 0 Å². The maximum Gasteiger partial charge on any atom is 0.308 e. The lowest BCUT2D eigenvalue weighted by molar-refractivity contribution is -0.143. The first kappa shape index (κ1) is 15.5. The Kier molecular flexibility index (Phi) is 4.07. The van der Waals surface area contributed by atoms with Crippen LogP contribution >= 0.6 is 0 Å². The summed E-state index contributed by atoms with van der Waals surface area (Å²) in [6.45, 7) is 7.03. The molecule has 0 saturated carbocycles. The van der Waals surface area contributed by atoms with Gasteiger partial charge in [-0.3, -0.25) is 14.3 Å². The summed E-state index contributed by atoms with van der Waals surface area (Å²) >= 11 is 0. The highest BCUT2D eigenvalue weighted by molar-refractivity contribution is 5.93. The van der Waals surface area contributed by atoms with Gasteiger partial charge in [0.05, 0.1) is 11.6 Å². The van der Waals surface area contributed by atoms with Crippen LogP contribution in [0.25, 0.3) is 0 Å². The van der Waals surface area contributed by atoms with Gasteiger partial charge < -0.3 is 10.0 Å². The van der Waals surface area contributed by atoms with E-state index in [0.717, 1.165) is 12.1 Å². The van der Waals surface area contributed by atoms with Gasteiger partial charge in [0.15, 0.2) is 0 Å². The number of rotatable bonds is 2. The smallest absolute Gasteiger partial charge is 0.308 e. The molecule has 1 saturated heterocycles. The molecule has 1 amide bonds. The van der Waals surface area contributed by atoms with Gasteiger partial charge in [0, 0.05) is 25.6 Å². The molecule has 2 heterocycles. The Balaban J connectivity index is 2.20. The Morgan fingerprint density at radius 1 is 1.38 bits per heavy atom. The molecular formula is C15H23N3O3. The van der Waals surface area contributed by atoms with Crippen LogP contribution < -0.4 is 0 Å². The number of aryl methyl sites for hydroxylation is 1. The summed E-state index contributed by atoms with van der Waals surface area (Å²) < 4.78 is 1.59. The molecule has 1 N–H and O–H groups in total. The lowest BCUT2D eigenvalue weighted by Crippen LogP contribution is -2.42. The van der Waals surface area contributed by atoms with Crippen molar-refractivity contribution < 1.29 is 14.7 Å². The number of carbonyl (C=O) groups is 2. The molecule has 0 bridgehead atoms. The highest BCUT2D eigenvalue weighted by Gasteiger charge is 2.30. The third-order valence-corrected chi connectivity index (χ3v) is 3.93. The number of carboxylic acids is 1. The summed E-state index contributed by atoms with van der Waals surface area (Å²) in [6, 6.07) is 1.81. The van der Waals surface area contributed by atoms with Crippen LogP contribution in [0.15, 0.2) is 6.07 Å². The highest BCUT2D eigenvalue weighted by Crippen LogP contribution is 2.23. The van der Waals surface area contributed by atoms with E-state index in [4.69, 9.17) is 5.11 Å². The van der Waals surface area contributed by atoms with Crippen molar-refractivity contribution in [3.8, 4) is 0 Å². The van der Waals surface area contributed by atoms with E-state index in [0.29, 0.717) is 18.7 Å². The number of hydrogen-bond acceptors (Lipinski definition) is 3. The molecule has 6 heteroatoms. The second-order valence-electron chi connectivity index (χ2n) is 6.72. The first-order valence-corrected chi connectivity index (χ1v) is 7.26. The normalized spacial score (nSPS) is 19.6. The van der Waals surface area contributed by atoms with Crippen LogP contribution in [0.3, 0.4) is 0 Å². The molecule has 1 unspecified atom stereocenters. The van der Waals surface area contributed by atoms with Crippen LogP contribution in [-0.4, -0.2) is 44.8 Å². The number of carboxylic acid groups (broad SMARTS) is 1. The van der Waals surface area contributed by atoms with Crippen molar-refractivity contribution in [2.24, 2.45) is 13.0 Å². The van der Waals surface area contributed by atoms with E-state index in [1.54, 1.807) is 16.6 Å². The van der Waals surface area contributed by atoms with Crippen molar-refractivity contribution in [3.63, 3.8) is 0 Å². The summed E-state index contributed by atoms with van der Waals surface area (Å²) in [7, 11) is 1.75. The average molecular weight is 293 g/mol. The lowest BCUT2D eigenvalue weighted by Gasteiger charge is -2.30. The maximum absolute atomic E-state index is 12.6. The summed E-state index contributed by atoms with van der Waals surface area (Å²) in [5.41, 5.74) is 1.26. The van der Waals surface area contributed by atoms with Crippen molar-refractivity contribution in [1.29, 1.82) is 0 Å². The number of aromatic nitrogens is 2. The van der Waals surface area contributed by atoms with Crippen molar-refractivity contribution in [1.82, 2.24) is 14.7 Å². The minimum Gasteiger partial charge on any atom is -0.481 e. The standard InChI is InChI=1S/C15H23N3O3/c1-15(2,3)12-8-11(17(4)16-12)13(19)18-7-5-6-10(9-18)14(20)21/h8,10H,5-7,9H2,1-4H3,(H,20,21). The fourth-order valence-corrected chi connectivity index (χ4v) is 2.56. The molecule has 0 aromatic carbocycles. The number of likely N-dealkylation sites (tertiary alicyclic amines) is 1. The zero-order valence-electron chi connectivity index (χ0n) is 13.1. The second-order valence-corrected chi connectivity index (χ2v) is 6.72. The van der Waals surface area contributed by atoms with Crippen molar-refractivity contribution >= 4 is 11.9 Å². The molecule has 0 aliphatic carbocycles. The molecule has 116 valence electrons. The fraction of sp³-hybridized carbons (Fsp3) is 0.667. The fourth-order valence-electron chi connectivity index (χ4n) is 2.56. The largest absolute Gasteiger partial charge is 0.481 e. The summed E-state index contributed by atoms with van der Waals surface area (Å²) in [5, 5.41) is 13.5. The minimum absolute atomic E-state index is 0.123. The summed E-state index contributed by atoms with van der Waals surface area (Å²) in [4.78, 5) is 25.3. The number of amides is 1. The highest BCUT2D eigenvalue weighted by atomic mass is 16.4. The van der Waals surface area contributed by atoms with Gasteiger partial charge in [-0.15, -0.1) is 0 Å². The van der Waals surface area contributed by atoms with E-state index in [1.807, 2.05) is 26.8 Å². The van der Waals surface area contributed by atoms with Gasteiger partial charge in [-0.25, -0.2) is 0 Å². The molecule has 21 heavy (non-hydrogen) atoms. The van der Waals surface area contributed by atoms with Gasteiger partial charge in [-0.1, -0.05) is 20.8 Å². The number of nitrogens with zero attached hydrogens (tertiary/aromatic N) is 3. The molecule has 1 fully saturated rings. The Morgan fingerprint density at radius 3 is 2.57 bits per heavy atom. The van der Waals surface area contributed by atoms with Gasteiger partial charge in [-0.2, -0.15) is 5.10 Å². The molecule has 1 aliphatic rings. The first-order chi connectivity index (χ1) is 9.70. The topological polar surface area (TPSA) is 75.4 Å². The molecule has 0 spiro atoms. The van der Waals surface area contributed by atoms with Crippen LogP contribution in [0.1, 0.15) is 49.8 Å². The number of aliphatic carboxylic acids is 1. The van der Waals surface area contributed by atoms with Crippen LogP contribution in [0.2, 0.25) is 0 Å². The lowest BCUT2D eigenvalue weighted by atomic mass is 9.92. The van der Waals surface area contributed by atoms with E-state index < -0.39 is 11.9 Å². The zero-order valence-corrected chi connectivity index (χ0v) is 13.1. The van der Waals surface area contributed by atoms with E-state index in [2.05, 4.69) is 5.10 Å². The molecule has 2 rings (SSSR count). The summed E-state index contributed by atoms with van der Waals surface area (Å²) in [5.74, 6) is -1.42. The van der Waals surface area contributed by atoms with Crippen molar-refractivity contribution in [3.05, 3.63) is 17.5 Å². The van der Waals surface area contributed by atoms with Gasteiger partial charge in [0.2, 0.25) is 0 Å². The average Bonchev–Trinajstić information content (AvgIpc) is 2.80. The third kappa shape index (κ3) is 3.25. The number of piperidine rings is 1. The quantitative estimate of drug-likeness (QED) is 0.899. The maximum atomic E-state index is 12.6. The number of hydrogen-bond donors (Lipinski definition) is 1. The van der Waals surface area contributed by atoms with Crippen LogP contribution in [0.5, 0.6) is 0 Å². The Bertz CT molecular complexity index is 557. The molecular weight excluding hydrogens is 270 g/mol. The van der Waals surface area contributed by atoms with Crippen molar-refractivity contribution in [2.75, 3.05) is 13.1 Å². The van der Waals surface area contributed by atoms with Crippen LogP contribution in [-0.2, 0) is 17.3 Å². The Morgan fingerprint density at radius 2 is 2.05 bits per heavy atom. The van der Waals surface area contributed by atoms with Gasteiger partial charge in [0.25, 0.3) is 5.91 Å². The Hall–Kier alpha value is -1.85. The monoisotopic (exact) mass is 293 g/mol. The second kappa shape index (κ2) is 5.50. The molecule has 1 aliphatic heterocycles. The molecule has 1 aromatic heterocycles. The van der Waals surface area contributed by atoms with E-state index in [9.17, 15) is 9.59 Å². The minimum atomic E-state index is -0.826. The molecule has 1 atom stereocenters. The van der Waals surface area contributed by atoms with Crippen LogP contribution in [0.4, 0.5) is 0 Å². The predicted octanol–water partition coefficient (Wildman–Crippen LogP) is 1.65. The molecule has 0 radical (unpaired) electrons. The summed E-state index contributed by atoms with van der Waals surface area (Å²) in [6.07, 6.45) is 1.37. The third-order valence-electron chi connectivity index (χ3n) is 3.93. The predicted molar refractivity (Wildman–Crippen MR) is 78.2 cm³/mol.